The third kappa shape index (κ3) is 6.66. The van der Waals surface area contributed by atoms with Crippen molar-refractivity contribution in [1.82, 2.24) is 51.0 Å². The molecule has 3 aliphatic rings. The molecule has 2 aromatic rings. The molecule has 242 valence electrons. The Hall–Kier alpha value is -4.18. The van der Waals surface area contributed by atoms with E-state index in [9.17, 15) is 38.7 Å². The molecule has 5 N–H and O–H groups in total. The van der Waals surface area contributed by atoms with Gasteiger partial charge in [-0.25, -0.2) is 4.79 Å². The van der Waals surface area contributed by atoms with Gasteiger partial charge in [0.25, 0.3) is 5.91 Å². The van der Waals surface area contributed by atoms with Gasteiger partial charge in [0.2, 0.25) is 23.1 Å². The Labute approximate surface area is 296 Å². The van der Waals surface area contributed by atoms with Crippen LogP contribution in [0.4, 0.5) is 4.79 Å². The maximum atomic E-state index is 13.8. The van der Waals surface area contributed by atoms with Crippen molar-refractivity contribution in [2.75, 3.05) is 37.0 Å². The molecule has 22 heteroatoms. The fourth-order valence-corrected chi connectivity index (χ4v) is 7.47. The van der Waals surface area contributed by atoms with Crippen LogP contribution in [0.2, 0.25) is 0 Å². The number of nitrogens with zero attached hydrogens (tertiary/aromatic N) is 7. The number of nitrogen functional groups attached to an aromatic ring is 1. The first kappa shape index (κ1) is 35.7. The van der Waals surface area contributed by atoms with Gasteiger partial charge < -0.3 is 36.6 Å². The number of hydrogen-bond donors (Lipinski definition) is 4. The molecule has 0 spiro atoms. The Morgan fingerprint density at radius 1 is 1.19 bits per heavy atom. The Bertz CT molecular complexity index is 1640. The molecule has 0 saturated carbocycles. The van der Waals surface area contributed by atoms with Crippen molar-refractivity contribution in [3.8, 4) is 0 Å². The number of amides is 7. The minimum Gasteiger partial charge on any atom is -0.543 e. The normalized spacial score (nSPS) is 21.3. The van der Waals surface area contributed by atoms with E-state index in [2.05, 4.69) is 31.5 Å². The second-order valence-corrected chi connectivity index (χ2v) is 12.0. The summed E-state index contributed by atoms with van der Waals surface area (Å²) in [6.07, 6.45) is 0.179. The van der Waals surface area contributed by atoms with Gasteiger partial charge in [0.1, 0.15) is 11.4 Å². The summed E-state index contributed by atoms with van der Waals surface area (Å²) in [5, 5.41) is 29.2. The van der Waals surface area contributed by atoms with Crippen molar-refractivity contribution < 1.29 is 68.2 Å². The fourth-order valence-electron chi connectivity index (χ4n) is 5.11. The van der Waals surface area contributed by atoms with E-state index in [1.165, 1.54) is 17.0 Å². The molecule has 0 aliphatic carbocycles. The third-order valence-electron chi connectivity index (χ3n) is 7.39. The minimum absolute atomic E-state index is 0. The zero-order valence-electron chi connectivity index (χ0n) is 24.9. The summed E-state index contributed by atoms with van der Waals surface area (Å²) in [4.78, 5) is 93.4. The molecule has 4 heterocycles. The van der Waals surface area contributed by atoms with E-state index in [1.54, 1.807) is 25.1 Å². The number of aromatic nitrogens is 4. The maximum Gasteiger partial charge on any atom is 1.00 e. The summed E-state index contributed by atoms with van der Waals surface area (Å²) < 4.78 is 0. The summed E-state index contributed by atoms with van der Waals surface area (Å²) in [7, 11) is 0. The quantitative estimate of drug-likeness (QED) is 0.0324. The van der Waals surface area contributed by atoms with Crippen molar-refractivity contribution in [3.05, 3.63) is 47.2 Å². The van der Waals surface area contributed by atoms with E-state index in [0.717, 1.165) is 33.2 Å². The zero-order valence-corrected chi connectivity index (χ0v) is 28.6. The molecule has 0 radical (unpaired) electrons. The predicted octanol–water partition coefficient (Wildman–Crippen LogP) is -6.90. The number of hydrogen-bond acceptors (Lipinski definition) is 14. The zero-order chi connectivity index (χ0) is 33.2. The van der Waals surface area contributed by atoms with Crippen LogP contribution in [0.5, 0.6) is 0 Å². The molecule has 3 atom stereocenters. The average Bonchev–Trinajstić information content (AvgIpc) is 3.47. The van der Waals surface area contributed by atoms with Crippen LogP contribution in [0.1, 0.15) is 18.5 Å². The number of carbonyl (C=O) groups excluding carboxylic acids is 7. The number of carbonyl (C=O) groups is 7. The molecule has 2 saturated heterocycles. The number of thioether (sulfide) groups is 2. The van der Waals surface area contributed by atoms with Gasteiger partial charge in [-0.3, -0.25) is 33.8 Å². The van der Waals surface area contributed by atoms with Gasteiger partial charge in [0.05, 0.1) is 11.7 Å². The number of imide groups is 1. The molecule has 5 rings (SSSR count). The largest absolute Gasteiger partial charge is 1.00 e. The van der Waals surface area contributed by atoms with E-state index in [0.29, 0.717) is 4.90 Å². The van der Waals surface area contributed by atoms with Crippen LogP contribution in [0.15, 0.2) is 46.8 Å². The van der Waals surface area contributed by atoms with Crippen LogP contribution < -0.4 is 56.5 Å². The van der Waals surface area contributed by atoms with Crippen molar-refractivity contribution in [1.29, 1.82) is 0 Å². The molecular formula is C25H26N11NaO8S2. The first-order valence-corrected chi connectivity index (χ1v) is 15.6. The third-order valence-corrected chi connectivity index (χ3v) is 9.80. The SMILES string of the molecule is CCN1CCN(C(=O)NC(C(=O)N[C@]2(NC=O)C(=O)N3C(C(=O)[O-])=C(CSc4nnnn4N)CS[C@@H]32)c2ccccc2)C(=O)C1=O.[Na+]. The molecule has 0 bridgehead atoms. The number of likely N-dealkylation sites (N-methyl/N-ethyl adjacent to an activating group) is 1. The molecule has 19 nitrogen and oxygen atoms in total. The van der Waals surface area contributed by atoms with E-state index < -0.39 is 58.4 Å². The predicted molar refractivity (Wildman–Crippen MR) is 156 cm³/mol. The van der Waals surface area contributed by atoms with Crippen molar-refractivity contribution in [2.45, 2.75) is 29.2 Å². The van der Waals surface area contributed by atoms with Crippen molar-refractivity contribution >= 4 is 65.6 Å². The van der Waals surface area contributed by atoms with Crippen LogP contribution in [-0.2, 0) is 28.8 Å². The summed E-state index contributed by atoms with van der Waals surface area (Å²) >= 11 is 2.08. The Kier molecular flexibility index (Phi) is 11.2. The number of tetrazole rings is 1. The number of carboxylic acids is 1. The van der Waals surface area contributed by atoms with Crippen LogP contribution in [0, 0.1) is 0 Å². The van der Waals surface area contributed by atoms with Crippen LogP contribution in [0.25, 0.3) is 0 Å². The first-order chi connectivity index (χ1) is 22.0. The topological polar surface area (TPSA) is 258 Å². The number of nitrogens with two attached hydrogens (primary N) is 1. The van der Waals surface area contributed by atoms with Gasteiger partial charge in [-0.1, -0.05) is 47.2 Å². The van der Waals surface area contributed by atoms with E-state index >= 15 is 0 Å². The number of rotatable bonds is 11. The van der Waals surface area contributed by atoms with Gasteiger partial charge >= 0.3 is 47.4 Å². The van der Waals surface area contributed by atoms with Gasteiger partial charge in [0.15, 0.2) is 0 Å². The summed E-state index contributed by atoms with van der Waals surface area (Å²) in [6, 6.07) is 5.31. The fraction of sp³-hybridized carbons (Fsp3) is 0.360. The molecular weight excluding hydrogens is 669 g/mol. The number of carboxylic acid groups (broad SMARTS) is 1. The molecule has 1 aromatic heterocycles. The number of piperazine rings is 1. The monoisotopic (exact) mass is 695 g/mol. The molecule has 47 heavy (non-hydrogen) atoms. The van der Waals surface area contributed by atoms with E-state index in [4.69, 9.17) is 5.84 Å². The molecule has 2 fully saturated rings. The number of aliphatic carboxylic acids is 1. The van der Waals surface area contributed by atoms with Crippen LogP contribution in [0.3, 0.4) is 0 Å². The molecule has 3 aliphatic heterocycles. The molecule has 7 amide bonds. The summed E-state index contributed by atoms with van der Waals surface area (Å²) in [5.74, 6) is 0.136. The van der Waals surface area contributed by atoms with Crippen molar-refractivity contribution in [3.63, 3.8) is 0 Å². The van der Waals surface area contributed by atoms with Gasteiger partial charge in [-0.2, -0.15) is 0 Å². The maximum absolute atomic E-state index is 13.8. The number of β-lactam (4-membered cyclic amide) rings is 1. The van der Waals surface area contributed by atoms with Gasteiger partial charge in [-0.05, 0) is 28.5 Å². The van der Waals surface area contributed by atoms with Gasteiger partial charge in [-0.15, -0.1) is 16.6 Å². The first-order valence-electron chi connectivity index (χ1n) is 13.6. The standard InChI is InChI=1S/C25H27N11O8S2.Na/c1-2-33-8-9-34(19(40)18(33)39)23(44)28-15(13-6-4-3-5-7-13)17(38)29-25(27-12-37)21(43)35-16(20(41)42)14(10-45-22(25)35)11-46-24-30-31-32-36(24)26;/h3-7,12,15,22H,2,8-11,26H2,1H3,(H,27,37)(H,28,44)(H,29,38)(H,41,42);/q;+1/p-1/t15?,22-,25-;/m1./s1. The summed E-state index contributed by atoms with van der Waals surface area (Å²) in [5.41, 5.74) is -2.03. The van der Waals surface area contributed by atoms with E-state index in [1.807, 2.05) is 0 Å². The van der Waals surface area contributed by atoms with Crippen molar-refractivity contribution in [2.24, 2.45) is 0 Å². The Morgan fingerprint density at radius 2 is 1.91 bits per heavy atom. The number of nitrogens with one attached hydrogen (secondary N) is 3. The average molecular weight is 696 g/mol. The van der Waals surface area contributed by atoms with Crippen LogP contribution >= 0.6 is 23.5 Å². The van der Waals surface area contributed by atoms with Gasteiger partial charge in [0, 0.05) is 31.1 Å². The Morgan fingerprint density at radius 3 is 2.53 bits per heavy atom. The molecule has 1 aromatic carbocycles. The minimum atomic E-state index is -2.11. The van der Waals surface area contributed by atoms with E-state index in [-0.39, 0.29) is 83.4 Å². The summed E-state index contributed by atoms with van der Waals surface area (Å²) in [6.45, 7) is 1.94. The second kappa shape index (κ2) is 14.7. The number of urea groups is 1. The smallest absolute Gasteiger partial charge is 0.543 e. The van der Waals surface area contributed by atoms with Crippen LogP contribution in [-0.4, -0.2) is 119 Å². The number of benzene rings is 1. The second-order valence-electron chi connectivity index (χ2n) is 9.97. The Balaban J connectivity index is 0.00000500. The molecule has 1 unspecified atom stereocenters. The number of fused-ring (bicyclic) bond motifs is 1.